The van der Waals surface area contributed by atoms with Crippen molar-refractivity contribution in [3.63, 3.8) is 0 Å². The number of carbonyl (C=O) groups excluding carboxylic acids is 3. The van der Waals surface area contributed by atoms with Crippen LogP contribution in [0, 0.1) is 0 Å². The van der Waals surface area contributed by atoms with Crippen molar-refractivity contribution in [1.29, 1.82) is 0 Å². The summed E-state index contributed by atoms with van der Waals surface area (Å²) in [6, 6.07) is 0. The molecule has 0 aromatic heterocycles. The third-order valence-corrected chi connectivity index (χ3v) is 12.0. The Morgan fingerprint density at radius 2 is 0.600 bits per heavy atom. The van der Waals surface area contributed by atoms with Crippen molar-refractivity contribution in [3.8, 4) is 0 Å². The lowest BCUT2D eigenvalue weighted by molar-refractivity contribution is -0.167. The minimum absolute atomic E-state index is 0.0882. The molecule has 0 N–H and O–H groups in total. The van der Waals surface area contributed by atoms with E-state index in [4.69, 9.17) is 14.2 Å². The van der Waals surface area contributed by atoms with Crippen molar-refractivity contribution in [1.82, 2.24) is 0 Å². The zero-order valence-corrected chi connectivity index (χ0v) is 43.0. The fraction of sp³-hybridized carbons (Fsp3) is 0.780. The van der Waals surface area contributed by atoms with E-state index in [1.54, 1.807) is 0 Å². The van der Waals surface area contributed by atoms with Crippen molar-refractivity contribution >= 4 is 17.9 Å². The maximum atomic E-state index is 12.8. The first-order valence-corrected chi connectivity index (χ1v) is 27.8. The molecule has 0 aromatic rings. The van der Waals surface area contributed by atoms with Crippen molar-refractivity contribution in [2.45, 2.75) is 284 Å². The molecule has 1 atom stereocenters. The minimum atomic E-state index is -0.793. The normalized spacial score (nSPS) is 12.5. The van der Waals surface area contributed by atoms with Crippen LogP contribution < -0.4 is 0 Å². The third-order valence-electron chi connectivity index (χ3n) is 12.0. The molecule has 0 saturated heterocycles. The molecule has 0 saturated carbocycles. The average Bonchev–Trinajstić information content (AvgIpc) is 3.30. The van der Waals surface area contributed by atoms with Gasteiger partial charge in [-0.2, -0.15) is 0 Å². The number of esters is 3. The number of allylic oxidation sites excluding steroid dienone is 10. The Bertz CT molecular complexity index is 1180. The van der Waals surface area contributed by atoms with E-state index >= 15 is 0 Å². The molecule has 0 fully saturated rings. The zero-order valence-electron chi connectivity index (χ0n) is 43.0. The van der Waals surface area contributed by atoms with Crippen LogP contribution in [0.15, 0.2) is 60.8 Å². The third kappa shape index (κ3) is 51.9. The summed E-state index contributed by atoms with van der Waals surface area (Å²) in [7, 11) is 0. The predicted octanol–water partition coefficient (Wildman–Crippen LogP) is 18.4. The molecule has 0 unspecified atom stereocenters. The average molecular weight is 909 g/mol. The summed E-state index contributed by atoms with van der Waals surface area (Å²) in [5.74, 6) is -0.938. The van der Waals surface area contributed by atoms with Crippen molar-refractivity contribution in [2.75, 3.05) is 13.2 Å². The molecule has 0 aromatic carbocycles. The Morgan fingerprint density at radius 3 is 0.938 bits per heavy atom. The maximum Gasteiger partial charge on any atom is 0.306 e. The molecule has 0 aliphatic rings. The lowest BCUT2D eigenvalue weighted by Gasteiger charge is -2.18. The summed E-state index contributed by atoms with van der Waals surface area (Å²) in [4.78, 5) is 38.0. The van der Waals surface area contributed by atoms with Crippen LogP contribution in [0.25, 0.3) is 0 Å². The number of carbonyl (C=O) groups is 3. The van der Waals surface area contributed by atoms with Crippen molar-refractivity contribution in [3.05, 3.63) is 60.8 Å². The van der Waals surface area contributed by atoms with Gasteiger partial charge in [0, 0.05) is 19.3 Å². The summed E-state index contributed by atoms with van der Waals surface area (Å²) in [5, 5.41) is 0. The van der Waals surface area contributed by atoms with Gasteiger partial charge in [0.25, 0.3) is 0 Å². The summed E-state index contributed by atoms with van der Waals surface area (Å²) < 4.78 is 16.8. The number of hydrogen-bond acceptors (Lipinski definition) is 6. The Labute approximate surface area is 402 Å². The fourth-order valence-corrected chi connectivity index (χ4v) is 7.89. The molecule has 6 nitrogen and oxygen atoms in total. The van der Waals surface area contributed by atoms with Gasteiger partial charge in [-0.1, -0.05) is 261 Å². The van der Waals surface area contributed by atoms with E-state index < -0.39 is 6.10 Å². The van der Waals surface area contributed by atoms with Gasteiger partial charge in [0.2, 0.25) is 0 Å². The molecule has 0 amide bonds. The van der Waals surface area contributed by atoms with Crippen molar-refractivity contribution in [2.24, 2.45) is 0 Å². The number of unbranched alkanes of at least 4 members (excludes halogenated alkanes) is 29. The summed E-state index contributed by atoms with van der Waals surface area (Å²) in [5.41, 5.74) is 0. The van der Waals surface area contributed by atoms with Crippen LogP contribution in [-0.4, -0.2) is 37.2 Å². The zero-order chi connectivity index (χ0) is 47.2. The van der Waals surface area contributed by atoms with Crippen LogP contribution >= 0.6 is 0 Å². The van der Waals surface area contributed by atoms with Gasteiger partial charge in [0.05, 0.1) is 0 Å². The molecule has 376 valence electrons. The van der Waals surface area contributed by atoms with E-state index in [2.05, 4.69) is 81.5 Å². The first kappa shape index (κ1) is 62.1. The van der Waals surface area contributed by atoms with E-state index in [9.17, 15) is 14.4 Å². The first-order chi connectivity index (χ1) is 32.0. The SMILES string of the molecule is CC/C=C\C/C=C\C/C=C\C/C=C\C/C=C\CCCC(=O)OC[C@H](COC(=O)CCCCCCCCCCCCC)OC(=O)CCCCCCCCCCCCCCCCCCCCC. The molecule has 0 rings (SSSR count). The maximum absolute atomic E-state index is 12.8. The van der Waals surface area contributed by atoms with Crippen LogP contribution in [0.3, 0.4) is 0 Å². The van der Waals surface area contributed by atoms with E-state index in [1.807, 2.05) is 0 Å². The van der Waals surface area contributed by atoms with Crippen LogP contribution in [0.4, 0.5) is 0 Å². The van der Waals surface area contributed by atoms with Gasteiger partial charge in [-0.25, -0.2) is 0 Å². The van der Waals surface area contributed by atoms with E-state index in [0.717, 1.165) is 77.0 Å². The molecule has 6 heteroatoms. The molecule has 0 radical (unpaired) electrons. The second kappa shape index (κ2) is 53.7. The topological polar surface area (TPSA) is 78.9 Å². The summed E-state index contributed by atoms with van der Waals surface area (Å²) >= 11 is 0. The lowest BCUT2D eigenvalue weighted by atomic mass is 10.0. The number of rotatable bonds is 50. The quantitative estimate of drug-likeness (QED) is 0.0262. The standard InChI is InChI=1S/C59H104O6/c1-4-7-10-13-16-19-22-24-26-28-29-31-33-35-38-41-44-47-50-53-59(62)65-56(54-63-57(60)51-48-45-42-39-36-21-18-15-12-9-6-3)55-64-58(61)52-49-46-43-40-37-34-32-30-27-25-23-20-17-14-11-8-5-2/h8,11,17,20,25,27,32,34,40,43,56H,4-7,9-10,12-16,18-19,21-24,26,28-31,33,35-39,41-42,44-55H2,1-3H3/b11-8-,20-17-,27-25-,34-32-,43-40-/t56-/m0/s1. The molecule has 0 spiro atoms. The molecular formula is C59H104O6. The molecule has 0 aliphatic heterocycles. The van der Waals surface area contributed by atoms with E-state index in [-0.39, 0.29) is 37.5 Å². The highest BCUT2D eigenvalue weighted by Crippen LogP contribution is 2.16. The van der Waals surface area contributed by atoms with Crippen molar-refractivity contribution < 1.29 is 28.6 Å². The van der Waals surface area contributed by atoms with Crippen LogP contribution in [0.2, 0.25) is 0 Å². The summed E-state index contributed by atoms with van der Waals surface area (Å²) in [6.45, 7) is 6.50. The van der Waals surface area contributed by atoms with Crippen LogP contribution in [-0.2, 0) is 28.6 Å². The Hall–Kier alpha value is -2.89. The summed E-state index contributed by atoms with van der Waals surface area (Å²) in [6.07, 6.45) is 66.5. The van der Waals surface area contributed by atoms with Gasteiger partial charge in [0.15, 0.2) is 6.10 Å². The highest BCUT2D eigenvalue weighted by atomic mass is 16.6. The van der Waals surface area contributed by atoms with Gasteiger partial charge in [-0.15, -0.1) is 0 Å². The smallest absolute Gasteiger partial charge is 0.306 e. The Kier molecular flexibility index (Phi) is 51.3. The second-order valence-electron chi connectivity index (χ2n) is 18.5. The largest absolute Gasteiger partial charge is 0.462 e. The molecule has 0 aliphatic carbocycles. The number of hydrogen-bond donors (Lipinski definition) is 0. The lowest BCUT2D eigenvalue weighted by Crippen LogP contribution is -2.30. The second-order valence-corrected chi connectivity index (χ2v) is 18.5. The van der Waals surface area contributed by atoms with Gasteiger partial charge >= 0.3 is 17.9 Å². The van der Waals surface area contributed by atoms with Crippen LogP contribution in [0.1, 0.15) is 278 Å². The van der Waals surface area contributed by atoms with Gasteiger partial charge in [-0.3, -0.25) is 14.4 Å². The molecule has 65 heavy (non-hydrogen) atoms. The highest BCUT2D eigenvalue weighted by Gasteiger charge is 2.19. The van der Waals surface area contributed by atoms with Gasteiger partial charge in [0.1, 0.15) is 13.2 Å². The fourth-order valence-electron chi connectivity index (χ4n) is 7.89. The monoisotopic (exact) mass is 909 g/mol. The molecule has 0 bridgehead atoms. The number of ether oxygens (including phenoxy) is 3. The molecular weight excluding hydrogens is 805 g/mol. The predicted molar refractivity (Wildman–Crippen MR) is 279 cm³/mol. The molecule has 0 heterocycles. The van der Waals surface area contributed by atoms with E-state index in [0.29, 0.717) is 19.3 Å². The van der Waals surface area contributed by atoms with Gasteiger partial charge < -0.3 is 14.2 Å². The van der Waals surface area contributed by atoms with E-state index in [1.165, 1.54) is 154 Å². The Balaban J connectivity index is 4.39. The van der Waals surface area contributed by atoms with Crippen LogP contribution in [0.5, 0.6) is 0 Å². The highest BCUT2D eigenvalue weighted by molar-refractivity contribution is 5.71. The Morgan fingerprint density at radius 1 is 0.323 bits per heavy atom. The minimum Gasteiger partial charge on any atom is -0.462 e. The first-order valence-electron chi connectivity index (χ1n) is 27.8. The van der Waals surface area contributed by atoms with Gasteiger partial charge in [-0.05, 0) is 57.8 Å².